The first kappa shape index (κ1) is 23.7. The second kappa shape index (κ2) is 10.6. The topological polar surface area (TPSA) is 62.7 Å². The third-order valence-electron chi connectivity index (χ3n) is 6.79. The zero-order valence-corrected chi connectivity index (χ0v) is 19.8. The Bertz CT molecular complexity index is 1110. The van der Waals surface area contributed by atoms with Gasteiger partial charge in [0.1, 0.15) is 0 Å². The van der Waals surface area contributed by atoms with Gasteiger partial charge in [-0.3, -0.25) is 9.78 Å². The number of aliphatic hydroxyl groups is 1. The number of pyridine rings is 1. The molecule has 0 aliphatic carbocycles. The van der Waals surface area contributed by atoms with Gasteiger partial charge in [-0.1, -0.05) is 41.9 Å². The molecular weight excluding hydrogens is 436 g/mol. The van der Waals surface area contributed by atoms with E-state index in [0.29, 0.717) is 24.6 Å². The van der Waals surface area contributed by atoms with Crippen molar-refractivity contribution in [2.45, 2.75) is 37.7 Å². The van der Waals surface area contributed by atoms with Gasteiger partial charge in [0, 0.05) is 60.5 Å². The van der Waals surface area contributed by atoms with Crippen molar-refractivity contribution in [2.75, 3.05) is 26.8 Å². The Balaban J connectivity index is 1.80. The first-order valence-corrected chi connectivity index (χ1v) is 12.0. The van der Waals surface area contributed by atoms with Gasteiger partial charge in [-0.05, 0) is 55.9 Å². The molecule has 1 fully saturated rings. The summed E-state index contributed by atoms with van der Waals surface area (Å²) in [6.07, 6.45) is 6.69. The molecular formula is C27H31ClN2O3. The Labute approximate surface area is 200 Å². The van der Waals surface area contributed by atoms with Crippen LogP contribution in [0.25, 0.3) is 22.0 Å². The predicted octanol–water partition coefficient (Wildman–Crippen LogP) is 5.43. The van der Waals surface area contributed by atoms with Crippen molar-refractivity contribution in [3.05, 3.63) is 65.3 Å². The Morgan fingerprint density at radius 1 is 1.24 bits per heavy atom. The zero-order chi connectivity index (χ0) is 23.3. The van der Waals surface area contributed by atoms with Crippen LogP contribution in [0, 0.1) is 5.92 Å². The van der Waals surface area contributed by atoms with Crippen LogP contribution in [0.3, 0.4) is 0 Å². The number of ether oxygens (including phenoxy) is 1. The molecule has 2 heterocycles. The van der Waals surface area contributed by atoms with Crippen LogP contribution in [0.15, 0.2) is 54.7 Å². The summed E-state index contributed by atoms with van der Waals surface area (Å²) in [4.78, 5) is 17.9. The van der Waals surface area contributed by atoms with E-state index in [1.165, 1.54) is 0 Å². The molecule has 1 aromatic heterocycles. The molecule has 0 bridgehead atoms. The Kier molecular flexibility index (Phi) is 7.63. The molecule has 1 saturated heterocycles. The van der Waals surface area contributed by atoms with E-state index in [0.717, 1.165) is 66.2 Å². The van der Waals surface area contributed by atoms with Crippen LogP contribution in [-0.2, 0) is 15.1 Å². The van der Waals surface area contributed by atoms with Gasteiger partial charge in [0.2, 0.25) is 6.41 Å². The molecule has 1 aliphatic heterocycles. The van der Waals surface area contributed by atoms with Gasteiger partial charge in [-0.2, -0.15) is 0 Å². The largest absolute Gasteiger partial charge is 0.385 e. The monoisotopic (exact) mass is 466 g/mol. The summed E-state index contributed by atoms with van der Waals surface area (Å²) in [6.45, 7) is 1.92. The number of benzene rings is 2. The van der Waals surface area contributed by atoms with Crippen LogP contribution in [0.1, 0.15) is 37.7 Å². The molecule has 1 amide bonds. The average molecular weight is 467 g/mol. The SMILES string of the molecule is COCCCCC(O)(c1cccc(Cl)c1-c1cnc2ccccc2c1)C1CCCN(C=O)C1. The van der Waals surface area contributed by atoms with E-state index < -0.39 is 5.60 Å². The van der Waals surface area contributed by atoms with E-state index >= 15 is 0 Å². The molecule has 1 aliphatic rings. The minimum absolute atomic E-state index is 0.0790. The van der Waals surface area contributed by atoms with E-state index in [9.17, 15) is 9.90 Å². The van der Waals surface area contributed by atoms with Crippen LogP contribution < -0.4 is 0 Å². The number of piperidine rings is 1. The number of fused-ring (bicyclic) bond motifs is 1. The standard InChI is InChI=1S/C27H31ClN2O3/c1-33-15-5-4-13-27(32,22-9-7-14-30(18-22)19-31)23-10-6-11-24(28)26(23)21-16-20-8-2-3-12-25(20)29-17-21/h2-3,6,8,10-12,16-17,19,22,32H,4-5,7,9,13-15,18H2,1H3. The quantitative estimate of drug-likeness (QED) is 0.337. The molecule has 0 radical (unpaired) electrons. The van der Waals surface area contributed by atoms with Gasteiger partial charge >= 0.3 is 0 Å². The number of halogens is 1. The van der Waals surface area contributed by atoms with E-state index in [-0.39, 0.29) is 5.92 Å². The number of carbonyl (C=O) groups is 1. The van der Waals surface area contributed by atoms with E-state index in [4.69, 9.17) is 16.3 Å². The average Bonchev–Trinajstić information content (AvgIpc) is 2.86. The van der Waals surface area contributed by atoms with Gasteiger partial charge in [-0.15, -0.1) is 0 Å². The van der Waals surface area contributed by atoms with Crippen molar-refractivity contribution in [2.24, 2.45) is 5.92 Å². The third-order valence-corrected chi connectivity index (χ3v) is 7.11. The van der Waals surface area contributed by atoms with Gasteiger partial charge in [0.25, 0.3) is 0 Å². The summed E-state index contributed by atoms with van der Waals surface area (Å²) in [5, 5.41) is 13.9. The van der Waals surface area contributed by atoms with Crippen molar-refractivity contribution in [1.82, 2.24) is 9.88 Å². The highest BCUT2D eigenvalue weighted by molar-refractivity contribution is 6.33. The molecule has 3 aromatic rings. The fraction of sp³-hybridized carbons (Fsp3) is 0.407. The number of likely N-dealkylation sites (tertiary alicyclic amines) is 1. The minimum atomic E-state index is -1.12. The lowest BCUT2D eigenvalue weighted by molar-refractivity contribution is -0.123. The fourth-order valence-corrected chi connectivity index (χ4v) is 5.36. The third kappa shape index (κ3) is 5.06. The number of methoxy groups -OCH3 is 1. The summed E-state index contributed by atoms with van der Waals surface area (Å²) in [5.74, 6) is -0.0790. The first-order valence-electron chi connectivity index (χ1n) is 11.6. The number of amides is 1. The lowest BCUT2D eigenvalue weighted by Crippen LogP contribution is -2.46. The highest BCUT2D eigenvalue weighted by Gasteiger charge is 2.42. The molecule has 2 atom stereocenters. The maximum absolute atomic E-state index is 12.3. The zero-order valence-electron chi connectivity index (χ0n) is 19.0. The number of para-hydroxylation sites is 1. The summed E-state index contributed by atoms with van der Waals surface area (Å²) >= 11 is 6.77. The number of rotatable bonds is 9. The molecule has 1 N–H and O–H groups in total. The van der Waals surface area contributed by atoms with Crippen LogP contribution in [0.2, 0.25) is 5.02 Å². The van der Waals surface area contributed by atoms with E-state index in [1.807, 2.05) is 48.7 Å². The van der Waals surface area contributed by atoms with E-state index in [2.05, 4.69) is 11.1 Å². The van der Waals surface area contributed by atoms with Crippen molar-refractivity contribution < 1.29 is 14.6 Å². The highest BCUT2D eigenvalue weighted by Crippen LogP contribution is 2.45. The predicted molar refractivity (Wildman–Crippen MR) is 132 cm³/mol. The lowest BCUT2D eigenvalue weighted by atomic mass is 9.72. The van der Waals surface area contributed by atoms with Crippen LogP contribution in [-0.4, -0.2) is 48.2 Å². The Morgan fingerprint density at radius 3 is 2.91 bits per heavy atom. The molecule has 6 heteroatoms. The molecule has 4 rings (SSSR count). The van der Waals surface area contributed by atoms with Gasteiger partial charge in [0.05, 0.1) is 11.1 Å². The van der Waals surface area contributed by atoms with E-state index in [1.54, 1.807) is 12.0 Å². The number of nitrogens with zero attached hydrogens (tertiary/aromatic N) is 2. The van der Waals surface area contributed by atoms with Crippen molar-refractivity contribution in [3.8, 4) is 11.1 Å². The van der Waals surface area contributed by atoms with Crippen molar-refractivity contribution >= 4 is 28.9 Å². The lowest BCUT2D eigenvalue weighted by Gasteiger charge is -2.43. The van der Waals surface area contributed by atoms with Crippen molar-refractivity contribution in [1.29, 1.82) is 0 Å². The Hall–Kier alpha value is -2.47. The molecule has 2 unspecified atom stereocenters. The molecule has 33 heavy (non-hydrogen) atoms. The van der Waals surface area contributed by atoms with Crippen LogP contribution in [0.5, 0.6) is 0 Å². The minimum Gasteiger partial charge on any atom is -0.385 e. The second-order valence-electron chi connectivity index (χ2n) is 8.89. The molecule has 0 saturated carbocycles. The molecule has 0 spiro atoms. The number of hydrogen-bond acceptors (Lipinski definition) is 4. The summed E-state index contributed by atoms with van der Waals surface area (Å²) in [6, 6.07) is 15.8. The normalized spacial score (nSPS) is 18.3. The number of carbonyl (C=O) groups excluding carboxylic acids is 1. The molecule has 174 valence electrons. The second-order valence-corrected chi connectivity index (χ2v) is 9.30. The summed E-state index contributed by atoms with van der Waals surface area (Å²) in [7, 11) is 1.69. The van der Waals surface area contributed by atoms with Gasteiger partial charge in [-0.25, -0.2) is 0 Å². The first-order chi connectivity index (χ1) is 16.1. The number of unbranched alkanes of at least 4 members (excludes halogenated alkanes) is 1. The highest BCUT2D eigenvalue weighted by atomic mass is 35.5. The summed E-state index contributed by atoms with van der Waals surface area (Å²) in [5.41, 5.74) is 2.30. The maximum atomic E-state index is 12.3. The van der Waals surface area contributed by atoms with Crippen LogP contribution in [0.4, 0.5) is 0 Å². The number of aromatic nitrogens is 1. The van der Waals surface area contributed by atoms with Gasteiger partial charge in [0.15, 0.2) is 0 Å². The molecule has 5 nitrogen and oxygen atoms in total. The smallest absolute Gasteiger partial charge is 0.209 e. The fourth-order valence-electron chi connectivity index (χ4n) is 5.08. The molecule has 2 aromatic carbocycles. The maximum Gasteiger partial charge on any atom is 0.209 e. The van der Waals surface area contributed by atoms with Crippen LogP contribution >= 0.6 is 11.6 Å². The summed E-state index contributed by atoms with van der Waals surface area (Å²) < 4.78 is 5.23. The number of hydrogen-bond donors (Lipinski definition) is 1. The van der Waals surface area contributed by atoms with Gasteiger partial charge < -0.3 is 14.7 Å². The Morgan fingerprint density at radius 2 is 2.09 bits per heavy atom. The van der Waals surface area contributed by atoms with Crippen molar-refractivity contribution in [3.63, 3.8) is 0 Å².